The molecule has 1 heterocycles. The first-order valence-electron chi connectivity index (χ1n) is 7.75. The summed E-state index contributed by atoms with van der Waals surface area (Å²) in [5.74, 6) is -0.450. The molecule has 4 nitrogen and oxygen atoms in total. The zero-order chi connectivity index (χ0) is 16.2. The van der Waals surface area contributed by atoms with Crippen LogP contribution >= 0.6 is 0 Å². The van der Waals surface area contributed by atoms with Crippen molar-refractivity contribution in [2.45, 2.75) is 18.9 Å². The third-order valence-electron chi connectivity index (χ3n) is 4.23. The van der Waals surface area contributed by atoms with E-state index < -0.39 is 6.04 Å². The molecule has 1 atom stereocenters. The maximum absolute atomic E-state index is 12.6. The fraction of sp³-hybridized carbons (Fsp3) is 0.263. The van der Waals surface area contributed by atoms with E-state index >= 15 is 0 Å². The van der Waals surface area contributed by atoms with Gasteiger partial charge in [-0.05, 0) is 36.1 Å². The first-order valence-corrected chi connectivity index (χ1v) is 7.75. The van der Waals surface area contributed by atoms with Crippen molar-refractivity contribution in [2.75, 3.05) is 13.7 Å². The van der Waals surface area contributed by atoms with Crippen LogP contribution in [0.2, 0.25) is 0 Å². The Morgan fingerprint density at radius 2 is 1.65 bits per heavy atom. The molecule has 1 saturated heterocycles. The van der Waals surface area contributed by atoms with Gasteiger partial charge >= 0.3 is 5.97 Å². The fourth-order valence-electron chi connectivity index (χ4n) is 2.99. The molecular formula is C19H19NO3. The molecule has 1 aliphatic heterocycles. The van der Waals surface area contributed by atoms with E-state index in [1.165, 1.54) is 7.11 Å². The number of methoxy groups -OCH3 is 1. The maximum Gasteiger partial charge on any atom is 0.328 e. The van der Waals surface area contributed by atoms with Gasteiger partial charge in [-0.15, -0.1) is 0 Å². The van der Waals surface area contributed by atoms with E-state index in [1.807, 2.05) is 54.6 Å². The van der Waals surface area contributed by atoms with Crippen LogP contribution in [0.5, 0.6) is 0 Å². The number of likely N-dealkylation sites (tertiary alicyclic amines) is 1. The summed E-state index contributed by atoms with van der Waals surface area (Å²) < 4.78 is 4.79. The topological polar surface area (TPSA) is 46.6 Å². The maximum atomic E-state index is 12.6. The van der Waals surface area contributed by atoms with Gasteiger partial charge in [-0.1, -0.05) is 42.5 Å². The van der Waals surface area contributed by atoms with Gasteiger partial charge in [0.2, 0.25) is 0 Å². The van der Waals surface area contributed by atoms with E-state index in [-0.39, 0.29) is 11.9 Å². The Bertz CT molecular complexity index is 694. The van der Waals surface area contributed by atoms with Crippen LogP contribution < -0.4 is 0 Å². The van der Waals surface area contributed by atoms with Gasteiger partial charge in [0, 0.05) is 12.1 Å². The molecule has 1 fully saturated rings. The lowest BCUT2D eigenvalue weighted by atomic mass is 10.0. The third kappa shape index (κ3) is 3.11. The Morgan fingerprint density at radius 3 is 2.30 bits per heavy atom. The van der Waals surface area contributed by atoms with E-state index in [2.05, 4.69) is 0 Å². The normalized spacial score (nSPS) is 17.1. The van der Waals surface area contributed by atoms with Crippen molar-refractivity contribution < 1.29 is 14.3 Å². The van der Waals surface area contributed by atoms with Gasteiger partial charge in [-0.25, -0.2) is 4.79 Å². The molecule has 2 aromatic rings. The van der Waals surface area contributed by atoms with Crippen molar-refractivity contribution in [2.24, 2.45) is 0 Å². The van der Waals surface area contributed by atoms with Gasteiger partial charge in [0.1, 0.15) is 6.04 Å². The molecule has 0 saturated carbocycles. The largest absolute Gasteiger partial charge is 0.467 e. The van der Waals surface area contributed by atoms with Crippen molar-refractivity contribution in [3.8, 4) is 11.1 Å². The van der Waals surface area contributed by atoms with Crippen LogP contribution in [-0.4, -0.2) is 36.5 Å². The lowest BCUT2D eigenvalue weighted by molar-refractivity contribution is -0.145. The molecule has 3 rings (SSSR count). The number of carbonyl (C=O) groups excluding carboxylic acids is 2. The Kier molecular flexibility index (Phi) is 4.42. The van der Waals surface area contributed by atoms with Gasteiger partial charge in [0.25, 0.3) is 5.91 Å². The highest BCUT2D eigenvalue weighted by Gasteiger charge is 2.35. The zero-order valence-corrected chi connectivity index (χ0v) is 13.1. The molecule has 1 amide bonds. The van der Waals surface area contributed by atoms with Crippen molar-refractivity contribution in [3.63, 3.8) is 0 Å². The summed E-state index contributed by atoms with van der Waals surface area (Å²) in [4.78, 5) is 26.0. The molecule has 4 heteroatoms. The second kappa shape index (κ2) is 6.65. The fourth-order valence-corrected chi connectivity index (χ4v) is 2.99. The molecule has 0 aliphatic carbocycles. The molecule has 118 valence electrons. The van der Waals surface area contributed by atoms with Crippen molar-refractivity contribution >= 4 is 11.9 Å². The summed E-state index contributed by atoms with van der Waals surface area (Å²) in [6.45, 7) is 0.596. The minimum absolute atomic E-state index is 0.113. The van der Waals surface area contributed by atoms with Crippen molar-refractivity contribution in [3.05, 3.63) is 60.2 Å². The molecular weight excluding hydrogens is 290 g/mol. The lowest BCUT2D eigenvalue weighted by Crippen LogP contribution is -2.41. The first kappa shape index (κ1) is 15.3. The van der Waals surface area contributed by atoms with Crippen molar-refractivity contribution in [1.82, 2.24) is 4.90 Å². The quantitative estimate of drug-likeness (QED) is 0.818. The Morgan fingerprint density at radius 1 is 1.00 bits per heavy atom. The monoisotopic (exact) mass is 309 g/mol. The van der Waals surface area contributed by atoms with Crippen LogP contribution in [-0.2, 0) is 9.53 Å². The SMILES string of the molecule is COC(=O)[C@H]1CCCN1C(=O)c1ccc(-c2ccccc2)cc1. The molecule has 0 aromatic heterocycles. The van der Waals surface area contributed by atoms with E-state index in [9.17, 15) is 9.59 Å². The average Bonchev–Trinajstić information content (AvgIpc) is 3.11. The van der Waals surface area contributed by atoms with Gasteiger partial charge in [-0.3, -0.25) is 4.79 Å². The van der Waals surface area contributed by atoms with Crippen LogP contribution in [0.25, 0.3) is 11.1 Å². The summed E-state index contributed by atoms with van der Waals surface area (Å²) >= 11 is 0. The molecule has 0 unspecified atom stereocenters. The third-order valence-corrected chi connectivity index (χ3v) is 4.23. The highest BCUT2D eigenvalue weighted by atomic mass is 16.5. The molecule has 1 aliphatic rings. The molecule has 0 bridgehead atoms. The summed E-state index contributed by atoms with van der Waals surface area (Å²) in [7, 11) is 1.36. The van der Waals surface area contributed by atoms with Crippen LogP contribution in [0.1, 0.15) is 23.2 Å². The number of ether oxygens (including phenoxy) is 1. The van der Waals surface area contributed by atoms with Gasteiger partial charge in [0.15, 0.2) is 0 Å². The average molecular weight is 309 g/mol. The Labute approximate surface area is 135 Å². The minimum Gasteiger partial charge on any atom is -0.467 e. The van der Waals surface area contributed by atoms with Crippen LogP contribution in [0, 0.1) is 0 Å². The highest BCUT2D eigenvalue weighted by Crippen LogP contribution is 2.23. The Balaban J connectivity index is 1.79. The predicted molar refractivity (Wildman–Crippen MR) is 88.0 cm³/mol. The summed E-state index contributed by atoms with van der Waals surface area (Å²) in [5, 5.41) is 0. The van der Waals surface area contributed by atoms with E-state index in [1.54, 1.807) is 4.90 Å². The zero-order valence-electron chi connectivity index (χ0n) is 13.1. The number of benzene rings is 2. The number of hydrogen-bond donors (Lipinski definition) is 0. The second-order valence-corrected chi connectivity index (χ2v) is 5.62. The number of hydrogen-bond acceptors (Lipinski definition) is 3. The lowest BCUT2D eigenvalue weighted by Gasteiger charge is -2.22. The number of nitrogens with zero attached hydrogens (tertiary/aromatic N) is 1. The van der Waals surface area contributed by atoms with E-state index in [4.69, 9.17) is 4.74 Å². The van der Waals surface area contributed by atoms with Crippen LogP contribution in [0.4, 0.5) is 0 Å². The summed E-state index contributed by atoms with van der Waals surface area (Å²) in [5.41, 5.74) is 2.77. The number of rotatable bonds is 3. The minimum atomic E-state index is -0.457. The molecule has 0 radical (unpaired) electrons. The van der Waals surface area contributed by atoms with Crippen molar-refractivity contribution in [1.29, 1.82) is 0 Å². The molecule has 23 heavy (non-hydrogen) atoms. The number of esters is 1. The Hall–Kier alpha value is -2.62. The van der Waals surface area contributed by atoms with Crippen LogP contribution in [0.15, 0.2) is 54.6 Å². The second-order valence-electron chi connectivity index (χ2n) is 5.62. The smallest absolute Gasteiger partial charge is 0.328 e. The molecule has 2 aromatic carbocycles. The van der Waals surface area contributed by atoms with E-state index in [0.717, 1.165) is 17.5 Å². The first-order chi connectivity index (χ1) is 11.2. The standard InChI is InChI=1S/C19H19NO3/c1-23-19(22)17-8-5-13-20(17)18(21)16-11-9-15(10-12-16)14-6-3-2-4-7-14/h2-4,6-7,9-12,17H,5,8,13H2,1H3/t17-/m1/s1. The molecule has 0 N–H and O–H groups in total. The van der Waals surface area contributed by atoms with Gasteiger partial charge < -0.3 is 9.64 Å². The summed E-state index contributed by atoms with van der Waals surface area (Å²) in [6, 6.07) is 17.1. The number of amides is 1. The molecule has 0 spiro atoms. The number of carbonyl (C=O) groups is 2. The highest BCUT2D eigenvalue weighted by molar-refractivity contribution is 5.97. The summed E-state index contributed by atoms with van der Waals surface area (Å²) in [6.07, 6.45) is 1.49. The van der Waals surface area contributed by atoms with Gasteiger partial charge in [-0.2, -0.15) is 0 Å². The predicted octanol–water partition coefficient (Wildman–Crippen LogP) is 3.13. The van der Waals surface area contributed by atoms with Crippen LogP contribution in [0.3, 0.4) is 0 Å². The van der Waals surface area contributed by atoms with E-state index in [0.29, 0.717) is 18.5 Å². The van der Waals surface area contributed by atoms with Gasteiger partial charge in [0.05, 0.1) is 7.11 Å².